The van der Waals surface area contributed by atoms with Crippen molar-refractivity contribution in [2.75, 3.05) is 18.9 Å². The summed E-state index contributed by atoms with van der Waals surface area (Å²) < 4.78 is 0. The fourth-order valence-corrected chi connectivity index (χ4v) is 3.17. The van der Waals surface area contributed by atoms with Gasteiger partial charge in [-0.15, -0.1) is 0 Å². The Morgan fingerprint density at radius 3 is 3.04 bits per heavy atom. The second kappa shape index (κ2) is 6.91. The van der Waals surface area contributed by atoms with E-state index in [9.17, 15) is 4.79 Å². The van der Waals surface area contributed by atoms with Crippen LogP contribution in [0.4, 0.5) is 5.69 Å². The van der Waals surface area contributed by atoms with Crippen LogP contribution in [0.2, 0.25) is 0 Å². The predicted octanol–water partition coefficient (Wildman–Crippen LogP) is 2.45. The first-order chi connectivity index (χ1) is 11.1. The molecule has 122 valence electrons. The van der Waals surface area contributed by atoms with E-state index in [1.54, 1.807) is 12.4 Å². The lowest BCUT2D eigenvalue weighted by molar-refractivity contribution is -0.116. The van der Waals surface area contributed by atoms with Gasteiger partial charge >= 0.3 is 0 Å². The van der Waals surface area contributed by atoms with E-state index >= 15 is 0 Å². The summed E-state index contributed by atoms with van der Waals surface area (Å²) in [4.78, 5) is 19.0. The van der Waals surface area contributed by atoms with Gasteiger partial charge in [0.15, 0.2) is 0 Å². The van der Waals surface area contributed by atoms with Crippen molar-refractivity contribution >= 4 is 11.6 Å². The number of aryl methyl sites for hydroxylation is 2. The van der Waals surface area contributed by atoms with E-state index < -0.39 is 0 Å². The number of likely N-dealkylation sites (tertiary alicyclic amines) is 1. The Bertz CT molecular complexity index is 668. The van der Waals surface area contributed by atoms with E-state index in [1.165, 1.54) is 12.0 Å². The number of hydrogen-bond acceptors (Lipinski definition) is 4. The van der Waals surface area contributed by atoms with Crippen LogP contribution in [-0.2, 0) is 11.2 Å². The zero-order valence-electron chi connectivity index (χ0n) is 13.7. The molecule has 6 nitrogen and oxygen atoms in total. The average molecular weight is 313 g/mol. The van der Waals surface area contributed by atoms with Crippen LogP contribution < -0.4 is 5.32 Å². The fraction of sp³-hybridized carbons (Fsp3) is 0.471. The molecule has 1 saturated heterocycles. The molecular formula is C17H23N5O. The lowest BCUT2D eigenvalue weighted by Crippen LogP contribution is -2.19. The van der Waals surface area contributed by atoms with E-state index in [2.05, 4.69) is 39.6 Å². The first-order valence-electron chi connectivity index (χ1n) is 8.08. The normalized spacial score (nSPS) is 18.3. The first-order valence-corrected chi connectivity index (χ1v) is 8.08. The molecule has 3 rings (SSSR count). The van der Waals surface area contributed by atoms with Crippen molar-refractivity contribution in [2.45, 2.75) is 38.6 Å². The van der Waals surface area contributed by atoms with Crippen molar-refractivity contribution in [3.05, 3.63) is 41.5 Å². The number of amides is 1. The van der Waals surface area contributed by atoms with Crippen molar-refractivity contribution in [3.63, 3.8) is 0 Å². The molecule has 0 saturated carbocycles. The number of carbonyl (C=O) groups is 1. The molecule has 2 aromatic heterocycles. The smallest absolute Gasteiger partial charge is 0.224 e. The predicted molar refractivity (Wildman–Crippen MR) is 89.1 cm³/mol. The Balaban J connectivity index is 1.63. The van der Waals surface area contributed by atoms with Crippen LogP contribution in [0.5, 0.6) is 0 Å². The number of aromatic nitrogens is 3. The molecule has 1 fully saturated rings. The van der Waals surface area contributed by atoms with Gasteiger partial charge < -0.3 is 5.32 Å². The SMILES string of the molecule is Cc1cc(CCC(=O)Nc2cn[nH]c2)cc([C@H]2CCCN2C)n1. The second-order valence-electron chi connectivity index (χ2n) is 6.22. The number of H-pyrrole nitrogens is 1. The number of aromatic amines is 1. The minimum atomic E-state index is 0.000370. The summed E-state index contributed by atoms with van der Waals surface area (Å²) in [5, 5.41) is 9.32. The van der Waals surface area contributed by atoms with Gasteiger partial charge in [0.1, 0.15) is 0 Å². The summed E-state index contributed by atoms with van der Waals surface area (Å²) in [6.07, 6.45) is 6.82. The molecule has 0 radical (unpaired) electrons. The Labute approximate surface area is 136 Å². The van der Waals surface area contributed by atoms with Crippen LogP contribution in [-0.4, -0.2) is 39.6 Å². The van der Waals surface area contributed by atoms with E-state index in [-0.39, 0.29) is 5.91 Å². The summed E-state index contributed by atoms with van der Waals surface area (Å²) in [5.74, 6) is 0.000370. The van der Waals surface area contributed by atoms with E-state index in [1.807, 2.05) is 6.92 Å². The zero-order chi connectivity index (χ0) is 16.2. The molecule has 0 aliphatic carbocycles. The number of pyridine rings is 1. The summed E-state index contributed by atoms with van der Waals surface area (Å²) in [6.45, 7) is 3.15. The molecule has 0 aromatic carbocycles. The minimum Gasteiger partial charge on any atom is -0.323 e. The standard InChI is InChI=1S/C17H23N5O/c1-12-8-13(5-6-17(23)21-14-10-18-19-11-14)9-15(20-12)16-4-3-7-22(16)2/h8-11,16H,3-7H2,1-2H3,(H,18,19)(H,21,23)/t16-/m1/s1. The molecule has 1 aliphatic heterocycles. The maximum Gasteiger partial charge on any atom is 0.224 e. The molecule has 6 heteroatoms. The third-order valence-electron chi connectivity index (χ3n) is 4.32. The number of hydrogen-bond donors (Lipinski definition) is 2. The van der Waals surface area contributed by atoms with Gasteiger partial charge in [0.2, 0.25) is 5.91 Å². The summed E-state index contributed by atoms with van der Waals surface area (Å²) in [6, 6.07) is 4.64. The molecule has 0 unspecified atom stereocenters. The lowest BCUT2D eigenvalue weighted by atomic mass is 10.0. The average Bonchev–Trinajstić information content (AvgIpc) is 3.16. The highest BCUT2D eigenvalue weighted by molar-refractivity contribution is 5.90. The molecule has 2 N–H and O–H groups in total. The molecule has 1 atom stereocenters. The van der Waals surface area contributed by atoms with Gasteiger partial charge in [0, 0.05) is 18.3 Å². The number of rotatable bonds is 5. The van der Waals surface area contributed by atoms with Crippen LogP contribution in [0.25, 0.3) is 0 Å². The maximum absolute atomic E-state index is 12.0. The lowest BCUT2D eigenvalue weighted by Gasteiger charge is -2.20. The number of nitrogens with one attached hydrogen (secondary N) is 2. The quantitative estimate of drug-likeness (QED) is 0.889. The highest BCUT2D eigenvalue weighted by Crippen LogP contribution is 2.29. The Morgan fingerprint density at radius 1 is 1.48 bits per heavy atom. The van der Waals surface area contributed by atoms with Crippen molar-refractivity contribution in [2.24, 2.45) is 0 Å². The van der Waals surface area contributed by atoms with E-state index in [0.717, 1.165) is 30.8 Å². The largest absolute Gasteiger partial charge is 0.323 e. The van der Waals surface area contributed by atoms with Gasteiger partial charge in [-0.05, 0) is 57.5 Å². The van der Waals surface area contributed by atoms with Gasteiger partial charge in [0.25, 0.3) is 0 Å². The fourth-order valence-electron chi connectivity index (χ4n) is 3.17. The maximum atomic E-state index is 12.0. The molecule has 0 spiro atoms. The summed E-state index contributed by atoms with van der Waals surface area (Å²) in [7, 11) is 2.15. The number of carbonyl (C=O) groups excluding carboxylic acids is 1. The van der Waals surface area contributed by atoms with Crippen molar-refractivity contribution in [1.82, 2.24) is 20.1 Å². The van der Waals surface area contributed by atoms with Crippen LogP contribution >= 0.6 is 0 Å². The van der Waals surface area contributed by atoms with Crippen LogP contribution in [0.1, 0.15) is 42.3 Å². The molecule has 3 heterocycles. The molecule has 23 heavy (non-hydrogen) atoms. The Hall–Kier alpha value is -2.21. The Morgan fingerprint density at radius 2 is 2.35 bits per heavy atom. The van der Waals surface area contributed by atoms with Gasteiger partial charge in [-0.25, -0.2) is 0 Å². The summed E-state index contributed by atoms with van der Waals surface area (Å²) >= 11 is 0. The van der Waals surface area contributed by atoms with Gasteiger partial charge in [-0.1, -0.05) is 0 Å². The third-order valence-corrected chi connectivity index (χ3v) is 4.32. The van der Waals surface area contributed by atoms with Crippen molar-refractivity contribution in [1.29, 1.82) is 0 Å². The first kappa shape index (κ1) is 15.7. The monoisotopic (exact) mass is 313 g/mol. The van der Waals surface area contributed by atoms with Crippen molar-refractivity contribution in [3.8, 4) is 0 Å². The van der Waals surface area contributed by atoms with Crippen LogP contribution in [0.15, 0.2) is 24.5 Å². The van der Waals surface area contributed by atoms with Crippen LogP contribution in [0.3, 0.4) is 0 Å². The molecule has 0 bridgehead atoms. The molecular weight excluding hydrogens is 290 g/mol. The van der Waals surface area contributed by atoms with Gasteiger partial charge in [-0.3, -0.25) is 19.8 Å². The summed E-state index contributed by atoms with van der Waals surface area (Å²) in [5.41, 5.74) is 4.03. The van der Waals surface area contributed by atoms with Crippen molar-refractivity contribution < 1.29 is 4.79 Å². The van der Waals surface area contributed by atoms with Gasteiger partial charge in [-0.2, -0.15) is 5.10 Å². The highest BCUT2D eigenvalue weighted by Gasteiger charge is 2.24. The second-order valence-corrected chi connectivity index (χ2v) is 6.22. The number of nitrogens with zero attached hydrogens (tertiary/aromatic N) is 3. The van der Waals surface area contributed by atoms with Gasteiger partial charge in [0.05, 0.1) is 23.6 Å². The number of anilines is 1. The van der Waals surface area contributed by atoms with Crippen LogP contribution in [0, 0.1) is 6.92 Å². The third kappa shape index (κ3) is 3.96. The molecule has 1 aliphatic rings. The zero-order valence-corrected chi connectivity index (χ0v) is 13.7. The van der Waals surface area contributed by atoms with E-state index in [4.69, 9.17) is 4.98 Å². The van der Waals surface area contributed by atoms with E-state index in [0.29, 0.717) is 18.2 Å². The molecule has 2 aromatic rings. The topological polar surface area (TPSA) is 73.9 Å². The molecule has 1 amide bonds. The highest BCUT2D eigenvalue weighted by atomic mass is 16.1. The minimum absolute atomic E-state index is 0.000370. The Kier molecular flexibility index (Phi) is 4.71.